The lowest BCUT2D eigenvalue weighted by Gasteiger charge is -2.10. The van der Waals surface area contributed by atoms with Crippen LogP contribution in [-0.4, -0.2) is 5.91 Å². The molecule has 0 aromatic heterocycles. The Kier molecular flexibility index (Phi) is 4.09. The minimum Gasteiger partial charge on any atom is -0.398 e. The maximum atomic E-state index is 12.2. The van der Waals surface area contributed by atoms with Crippen molar-refractivity contribution in [1.29, 1.82) is 0 Å². The number of carbonyl (C=O) groups excluding carboxylic acids is 1. The maximum Gasteiger partial charge on any atom is 0.256 e. The Labute approximate surface area is 126 Å². The molecule has 98 valence electrons. The summed E-state index contributed by atoms with van der Waals surface area (Å²) in [5, 5.41) is 2.87. The van der Waals surface area contributed by atoms with Crippen LogP contribution in [0.25, 0.3) is 0 Å². The Bertz CT molecular complexity index is 638. The molecule has 4 heteroatoms. The van der Waals surface area contributed by atoms with Crippen molar-refractivity contribution in [3.63, 3.8) is 0 Å². The molecular weight excluding hydrogens is 351 g/mol. The lowest BCUT2D eigenvalue weighted by molar-refractivity contribution is 0.102. The first kappa shape index (κ1) is 13.9. The summed E-state index contributed by atoms with van der Waals surface area (Å²) in [5.41, 5.74) is 10.0. The summed E-state index contributed by atoms with van der Waals surface area (Å²) < 4.78 is 0.970. The van der Waals surface area contributed by atoms with E-state index in [1.165, 1.54) is 0 Å². The van der Waals surface area contributed by atoms with Gasteiger partial charge in [0, 0.05) is 14.9 Å². The number of rotatable bonds is 2. The van der Waals surface area contributed by atoms with E-state index in [-0.39, 0.29) is 5.91 Å². The van der Waals surface area contributed by atoms with Gasteiger partial charge in [-0.05, 0) is 65.8 Å². The van der Waals surface area contributed by atoms with E-state index in [9.17, 15) is 4.79 Å². The van der Waals surface area contributed by atoms with Gasteiger partial charge in [-0.2, -0.15) is 0 Å². The zero-order valence-electron chi connectivity index (χ0n) is 10.8. The lowest BCUT2D eigenvalue weighted by atomic mass is 10.1. The minimum absolute atomic E-state index is 0.114. The first-order chi connectivity index (χ1) is 8.99. The molecule has 0 spiro atoms. The van der Waals surface area contributed by atoms with Crippen LogP contribution in [0.5, 0.6) is 0 Å². The van der Waals surface area contributed by atoms with Gasteiger partial charge in [-0.15, -0.1) is 0 Å². The molecule has 0 fully saturated rings. The molecule has 19 heavy (non-hydrogen) atoms. The molecule has 0 aliphatic rings. The molecule has 0 aliphatic heterocycles. The van der Waals surface area contributed by atoms with Crippen LogP contribution in [0.1, 0.15) is 21.5 Å². The van der Waals surface area contributed by atoms with Gasteiger partial charge >= 0.3 is 0 Å². The number of anilines is 2. The molecule has 2 aromatic rings. The monoisotopic (exact) mass is 366 g/mol. The predicted octanol–water partition coefficient (Wildman–Crippen LogP) is 3.74. The molecule has 0 bridgehead atoms. The van der Waals surface area contributed by atoms with Gasteiger partial charge in [0.25, 0.3) is 5.91 Å². The van der Waals surface area contributed by atoms with Crippen molar-refractivity contribution in [1.82, 2.24) is 0 Å². The Morgan fingerprint density at radius 1 is 1.16 bits per heavy atom. The molecular formula is C15H15IN2O. The van der Waals surface area contributed by atoms with Gasteiger partial charge < -0.3 is 11.1 Å². The van der Waals surface area contributed by atoms with Crippen LogP contribution < -0.4 is 11.1 Å². The number of aryl methyl sites for hydroxylation is 2. The van der Waals surface area contributed by atoms with Crippen molar-refractivity contribution in [3.05, 3.63) is 56.7 Å². The highest BCUT2D eigenvalue weighted by atomic mass is 127. The zero-order chi connectivity index (χ0) is 14.0. The van der Waals surface area contributed by atoms with Gasteiger partial charge in [0.1, 0.15) is 0 Å². The molecule has 3 nitrogen and oxygen atoms in total. The second-order valence-electron chi connectivity index (χ2n) is 4.46. The summed E-state index contributed by atoms with van der Waals surface area (Å²) in [4.78, 5) is 12.2. The Hall–Kier alpha value is -1.56. The number of carbonyl (C=O) groups is 1. The summed E-state index contributed by atoms with van der Waals surface area (Å²) in [6, 6.07) is 11.2. The topological polar surface area (TPSA) is 55.1 Å². The molecule has 0 radical (unpaired) electrons. The van der Waals surface area contributed by atoms with E-state index in [4.69, 9.17) is 5.73 Å². The summed E-state index contributed by atoms with van der Waals surface area (Å²) >= 11 is 2.19. The smallest absolute Gasteiger partial charge is 0.256 e. The molecule has 2 aromatic carbocycles. The van der Waals surface area contributed by atoms with Gasteiger partial charge in [-0.25, -0.2) is 0 Å². The molecule has 0 atom stereocenters. The van der Waals surface area contributed by atoms with E-state index in [1.54, 1.807) is 6.07 Å². The van der Waals surface area contributed by atoms with Gasteiger partial charge in [-0.3, -0.25) is 4.79 Å². The number of hydrogen-bond acceptors (Lipinski definition) is 2. The van der Waals surface area contributed by atoms with Crippen LogP contribution in [0, 0.1) is 17.4 Å². The molecule has 0 saturated heterocycles. The number of nitrogens with one attached hydrogen (secondary N) is 1. The predicted molar refractivity (Wildman–Crippen MR) is 87.4 cm³/mol. The van der Waals surface area contributed by atoms with Crippen LogP contribution >= 0.6 is 22.6 Å². The van der Waals surface area contributed by atoms with Crippen molar-refractivity contribution in [2.45, 2.75) is 13.8 Å². The van der Waals surface area contributed by atoms with Crippen LogP contribution in [0.4, 0.5) is 11.4 Å². The summed E-state index contributed by atoms with van der Waals surface area (Å²) in [7, 11) is 0. The van der Waals surface area contributed by atoms with Crippen molar-refractivity contribution in [3.8, 4) is 0 Å². The van der Waals surface area contributed by atoms with E-state index < -0.39 is 0 Å². The summed E-state index contributed by atoms with van der Waals surface area (Å²) in [5.74, 6) is -0.114. The molecule has 0 saturated carbocycles. The van der Waals surface area contributed by atoms with Crippen LogP contribution in [-0.2, 0) is 0 Å². The van der Waals surface area contributed by atoms with E-state index in [2.05, 4.69) is 27.9 Å². The van der Waals surface area contributed by atoms with Gasteiger partial charge in [0.15, 0.2) is 0 Å². The fourth-order valence-corrected chi connectivity index (χ4v) is 2.34. The Balaban J connectivity index is 2.26. The van der Waals surface area contributed by atoms with E-state index in [0.29, 0.717) is 16.9 Å². The van der Waals surface area contributed by atoms with Crippen molar-refractivity contribution in [2.24, 2.45) is 0 Å². The fourth-order valence-electron chi connectivity index (χ4n) is 1.74. The quantitative estimate of drug-likeness (QED) is 0.629. The van der Waals surface area contributed by atoms with Crippen LogP contribution in [0.3, 0.4) is 0 Å². The number of benzene rings is 2. The minimum atomic E-state index is -0.114. The normalized spacial score (nSPS) is 10.3. The van der Waals surface area contributed by atoms with Crippen molar-refractivity contribution in [2.75, 3.05) is 11.1 Å². The summed E-state index contributed by atoms with van der Waals surface area (Å²) in [6.45, 7) is 3.92. The second kappa shape index (κ2) is 5.61. The van der Waals surface area contributed by atoms with Crippen LogP contribution in [0.2, 0.25) is 0 Å². The highest BCUT2D eigenvalue weighted by molar-refractivity contribution is 14.1. The SMILES string of the molecule is Cc1ccc(NC(=O)c2cccc(C)c2I)cc1N. The molecule has 1 amide bonds. The molecule has 3 N–H and O–H groups in total. The number of hydrogen-bond donors (Lipinski definition) is 2. The van der Waals surface area contributed by atoms with E-state index in [0.717, 1.165) is 14.7 Å². The highest BCUT2D eigenvalue weighted by Gasteiger charge is 2.11. The summed E-state index contributed by atoms with van der Waals surface area (Å²) in [6.07, 6.45) is 0. The molecule has 2 rings (SSSR count). The largest absolute Gasteiger partial charge is 0.398 e. The fraction of sp³-hybridized carbons (Fsp3) is 0.133. The second-order valence-corrected chi connectivity index (χ2v) is 5.54. The highest BCUT2D eigenvalue weighted by Crippen LogP contribution is 2.20. The number of halogens is 1. The van der Waals surface area contributed by atoms with Crippen LogP contribution in [0.15, 0.2) is 36.4 Å². The van der Waals surface area contributed by atoms with Crippen molar-refractivity contribution < 1.29 is 4.79 Å². The molecule has 0 aliphatic carbocycles. The maximum absolute atomic E-state index is 12.2. The average Bonchev–Trinajstić information content (AvgIpc) is 2.37. The van der Waals surface area contributed by atoms with E-state index >= 15 is 0 Å². The molecule has 0 heterocycles. The van der Waals surface area contributed by atoms with Gasteiger partial charge in [0.05, 0.1) is 5.56 Å². The van der Waals surface area contributed by atoms with E-state index in [1.807, 2.05) is 44.2 Å². The average molecular weight is 366 g/mol. The number of nitrogen functional groups attached to an aromatic ring is 1. The molecule has 0 unspecified atom stereocenters. The third-order valence-electron chi connectivity index (χ3n) is 2.97. The first-order valence-electron chi connectivity index (χ1n) is 5.91. The lowest BCUT2D eigenvalue weighted by Crippen LogP contribution is -2.14. The third kappa shape index (κ3) is 3.07. The third-order valence-corrected chi connectivity index (χ3v) is 4.41. The van der Waals surface area contributed by atoms with Gasteiger partial charge in [0.2, 0.25) is 0 Å². The zero-order valence-corrected chi connectivity index (χ0v) is 13.0. The van der Waals surface area contributed by atoms with Crippen molar-refractivity contribution >= 4 is 39.9 Å². The Morgan fingerprint density at radius 2 is 1.89 bits per heavy atom. The number of nitrogens with two attached hydrogens (primary N) is 1. The standard InChI is InChI=1S/C15H15IN2O/c1-9-6-7-11(8-13(9)17)18-15(19)12-5-3-4-10(2)14(12)16/h3-8H,17H2,1-2H3,(H,18,19). The van der Waals surface area contributed by atoms with Gasteiger partial charge in [-0.1, -0.05) is 18.2 Å². The first-order valence-corrected chi connectivity index (χ1v) is 6.99. The Morgan fingerprint density at radius 3 is 2.58 bits per heavy atom. The number of amides is 1.